The summed E-state index contributed by atoms with van der Waals surface area (Å²) in [6, 6.07) is 16.9. The van der Waals surface area contributed by atoms with Gasteiger partial charge in [-0.15, -0.1) is 0 Å². The van der Waals surface area contributed by atoms with Crippen molar-refractivity contribution in [2.24, 2.45) is 11.8 Å². The minimum absolute atomic E-state index is 0.00780. The van der Waals surface area contributed by atoms with Crippen molar-refractivity contribution < 1.29 is 14.4 Å². The maximum absolute atomic E-state index is 14.1. The SMILES string of the molecule is O=C(NOCc1ccccc1)[C@@H]1c2ccccc2C(=O)N([C@H]2CN3CCC2CC3)C1C1C=CC(Cl)=C1. The molecule has 7 heteroatoms. The highest BCUT2D eigenvalue weighted by molar-refractivity contribution is 6.31. The van der Waals surface area contributed by atoms with Crippen molar-refractivity contribution in [2.45, 2.75) is 37.5 Å². The lowest BCUT2D eigenvalue weighted by Gasteiger charge is -2.54. The quantitative estimate of drug-likeness (QED) is 0.599. The number of rotatable bonds is 6. The number of allylic oxidation sites excluding steroid dienone is 2. The van der Waals surface area contributed by atoms with Gasteiger partial charge in [-0.25, -0.2) is 5.48 Å². The largest absolute Gasteiger partial charge is 0.329 e. The molecule has 3 fully saturated rings. The first-order chi connectivity index (χ1) is 17.6. The Bertz CT molecular complexity index is 1210. The van der Waals surface area contributed by atoms with E-state index in [2.05, 4.69) is 10.4 Å². The molecule has 4 atom stereocenters. The van der Waals surface area contributed by atoms with Gasteiger partial charge in [0.05, 0.1) is 18.6 Å². The van der Waals surface area contributed by atoms with Gasteiger partial charge in [0, 0.05) is 29.1 Å². The summed E-state index contributed by atoms with van der Waals surface area (Å²) in [4.78, 5) is 38.0. The molecule has 4 aliphatic heterocycles. The van der Waals surface area contributed by atoms with Gasteiger partial charge in [-0.05, 0) is 55.1 Å². The molecule has 2 unspecified atom stereocenters. The Morgan fingerprint density at radius 2 is 1.81 bits per heavy atom. The number of nitrogens with zero attached hydrogens (tertiary/aromatic N) is 2. The monoisotopic (exact) mass is 503 g/mol. The van der Waals surface area contributed by atoms with Crippen LogP contribution in [0.15, 0.2) is 77.9 Å². The summed E-state index contributed by atoms with van der Waals surface area (Å²) in [6.07, 6.45) is 8.02. The molecule has 1 N–H and O–H groups in total. The average molecular weight is 504 g/mol. The van der Waals surface area contributed by atoms with Crippen LogP contribution in [0.1, 0.15) is 40.2 Å². The highest BCUT2D eigenvalue weighted by Gasteiger charge is 2.51. The molecule has 0 saturated carbocycles. The predicted molar refractivity (Wildman–Crippen MR) is 138 cm³/mol. The number of amides is 2. The zero-order valence-electron chi connectivity index (χ0n) is 20.1. The van der Waals surface area contributed by atoms with E-state index in [1.165, 1.54) is 0 Å². The molecule has 0 aromatic heterocycles. The maximum Gasteiger partial charge on any atom is 0.254 e. The molecule has 2 bridgehead atoms. The number of benzene rings is 2. The third-order valence-electron chi connectivity index (χ3n) is 8.16. The Hall–Kier alpha value is -2.93. The molecule has 2 aromatic carbocycles. The van der Waals surface area contributed by atoms with Gasteiger partial charge in [0.25, 0.3) is 11.8 Å². The first-order valence-electron chi connectivity index (χ1n) is 12.7. The van der Waals surface area contributed by atoms with Gasteiger partial charge >= 0.3 is 0 Å². The minimum Gasteiger partial charge on any atom is -0.329 e. The Morgan fingerprint density at radius 1 is 1.06 bits per heavy atom. The molecule has 7 rings (SSSR count). The van der Waals surface area contributed by atoms with Crippen LogP contribution < -0.4 is 5.48 Å². The molecule has 2 aromatic rings. The molecule has 0 radical (unpaired) electrons. The lowest BCUT2D eigenvalue weighted by Crippen LogP contribution is -2.65. The number of carbonyl (C=O) groups is 2. The molecular weight excluding hydrogens is 474 g/mol. The fourth-order valence-electron chi connectivity index (χ4n) is 6.45. The second-order valence-corrected chi connectivity index (χ2v) is 10.6. The van der Waals surface area contributed by atoms with Crippen LogP contribution in [-0.2, 0) is 16.2 Å². The lowest BCUT2D eigenvalue weighted by molar-refractivity contribution is -0.139. The summed E-state index contributed by atoms with van der Waals surface area (Å²) in [5.41, 5.74) is 5.03. The lowest BCUT2D eigenvalue weighted by atomic mass is 9.73. The van der Waals surface area contributed by atoms with Crippen LogP contribution in [-0.4, -0.2) is 53.3 Å². The second kappa shape index (κ2) is 9.85. The molecule has 4 heterocycles. The van der Waals surface area contributed by atoms with E-state index >= 15 is 0 Å². The number of hydroxylamine groups is 1. The highest BCUT2D eigenvalue weighted by Crippen LogP contribution is 2.44. The van der Waals surface area contributed by atoms with Crippen molar-refractivity contribution in [1.82, 2.24) is 15.3 Å². The third-order valence-corrected chi connectivity index (χ3v) is 8.41. The smallest absolute Gasteiger partial charge is 0.254 e. The molecule has 36 heavy (non-hydrogen) atoms. The van der Waals surface area contributed by atoms with E-state index < -0.39 is 5.92 Å². The number of halogens is 1. The van der Waals surface area contributed by atoms with E-state index in [0.29, 0.717) is 16.5 Å². The Kier molecular flexibility index (Phi) is 6.42. The summed E-state index contributed by atoms with van der Waals surface area (Å²) in [5.74, 6) is -0.538. The van der Waals surface area contributed by atoms with Crippen LogP contribution in [0.2, 0.25) is 0 Å². The molecule has 0 spiro atoms. The van der Waals surface area contributed by atoms with E-state index in [1.54, 1.807) is 0 Å². The predicted octanol–water partition coefficient (Wildman–Crippen LogP) is 4.25. The molecule has 6 nitrogen and oxygen atoms in total. The number of hydrogen-bond acceptors (Lipinski definition) is 4. The van der Waals surface area contributed by atoms with Crippen LogP contribution in [0.5, 0.6) is 0 Å². The van der Waals surface area contributed by atoms with E-state index in [1.807, 2.05) is 77.7 Å². The molecule has 5 aliphatic rings. The molecule has 186 valence electrons. The number of nitrogens with one attached hydrogen (secondary N) is 1. The fraction of sp³-hybridized carbons (Fsp3) is 0.379. The van der Waals surface area contributed by atoms with Gasteiger partial charge < -0.3 is 9.80 Å². The maximum atomic E-state index is 14.1. The molecule has 1 aliphatic carbocycles. The summed E-state index contributed by atoms with van der Waals surface area (Å²) in [5, 5.41) is 0.639. The molecule has 3 saturated heterocycles. The van der Waals surface area contributed by atoms with Crippen LogP contribution in [0.3, 0.4) is 0 Å². The third kappa shape index (κ3) is 4.27. The van der Waals surface area contributed by atoms with Crippen LogP contribution >= 0.6 is 11.6 Å². The van der Waals surface area contributed by atoms with Gasteiger partial charge in [-0.3, -0.25) is 14.4 Å². The summed E-state index contributed by atoms with van der Waals surface area (Å²) >= 11 is 6.38. The van der Waals surface area contributed by atoms with E-state index in [0.717, 1.165) is 43.6 Å². The molecular formula is C29H30ClN3O3. The van der Waals surface area contributed by atoms with Crippen molar-refractivity contribution in [3.8, 4) is 0 Å². The Balaban J connectivity index is 1.36. The van der Waals surface area contributed by atoms with Crippen molar-refractivity contribution in [3.63, 3.8) is 0 Å². The highest BCUT2D eigenvalue weighted by atomic mass is 35.5. The topological polar surface area (TPSA) is 61.9 Å². The zero-order chi connectivity index (χ0) is 24.6. The zero-order valence-corrected chi connectivity index (χ0v) is 20.8. The van der Waals surface area contributed by atoms with E-state index in [-0.39, 0.29) is 36.4 Å². The average Bonchev–Trinajstić information content (AvgIpc) is 3.35. The van der Waals surface area contributed by atoms with Crippen LogP contribution in [0, 0.1) is 11.8 Å². The van der Waals surface area contributed by atoms with Crippen molar-refractivity contribution in [2.75, 3.05) is 19.6 Å². The Morgan fingerprint density at radius 3 is 2.50 bits per heavy atom. The van der Waals surface area contributed by atoms with Crippen LogP contribution in [0.4, 0.5) is 0 Å². The van der Waals surface area contributed by atoms with Gasteiger partial charge in [0.2, 0.25) is 0 Å². The van der Waals surface area contributed by atoms with Crippen LogP contribution in [0.25, 0.3) is 0 Å². The van der Waals surface area contributed by atoms with Gasteiger partial charge in [-0.1, -0.05) is 72.3 Å². The molecule has 2 amide bonds. The van der Waals surface area contributed by atoms with E-state index in [9.17, 15) is 9.59 Å². The second-order valence-electron chi connectivity index (χ2n) is 10.2. The van der Waals surface area contributed by atoms with Gasteiger partial charge in [-0.2, -0.15) is 0 Å². The van der Waals surface area contributed by atoms with Crippen molar-refractivity contribution in [3.05, 3.63) is 94.5 Å². The fourth-order valence-corrected chi connectivity index (χ4v) is 6.66. The van der Waals surface area contributed by atoms with Gasteiger partial charge in [0.1, 0.15) is 0 Å². The standard InChI is InChI=1S/C29H30ClN3O3/c30-22-11-10-21(16-22)27-26(28(34)31-36-18-19-6-2-1-3-7-19)23-8-4-5-9-24(23)29(35)33(27)25-17-32-14-12-20(25)13-15-32/h1-11,16,20-21,25-27H,12-15,17-18H2,(H,31,34)/t21?,25-,26+,27?/m0/s1. The first kappa shape index (κ1) is 23.5. The summed E-state index contributed by atoms with van der Waals surface area (Å²) < 4.78 is 0. The summed E-state index contributed by atoms with van der Waals surface area (Å²) in [6.45, 7) is 3.28. The number of carbonyl (C=O) groups excluding carboxylic acids is 2. The van der Waals surface area contributed by atoms with E-state index in [4.69, 9.17) is 16.4 Å². The summed E-state index contributed by atoms with van der Waals surface area (Å²) in [7, 11) is 0. The van der Waals surface area contributed by atoms with Crippen molar-refractivity contribution in [1.29, 1.82) is 0 Å². The van der Waals surface area contributed by atoms with Crippen molar-refractivity contribution >= 4 is 23.4 Å². The number of hydrogen-bond donors (Lipinski definition) is 1. The normalized spacial score (nSPS) is 30.8. The number of fused-ring (bicyclic) bond motifs is 4. The minimum atomic E-state index is -0.585. The van der Waals surface area contributed by atoms with Gasteiger partial charge in [0.15, 0.2) is 0 Å². The number of piperidine rings is 3. The first-order valence-corrected chi connectivity index (χ1v) is 13.1. The Labute approximate surface area is 216 Å².